The van der Waals surface area contributed by atoms with Crippen LogP contribution >= 0.6 is 0 Å². The van der Waals surface area contributed by atoms with Crippen molar-refractivity contribution in [3.05, 3.63) is 18.2 Å². The molecular weight excluding hydrogens is 330 g/mol. The van der Waals surface area contributed by atoms with Gasteiger partial charge in [-0.05, 0) is 44.5 Å². The summed E-state index contributed by atoms with van der Waals surface area (Å²) in [5, 5.41) is 6.03. The molecule has 1 aliphatic heterocycles. The van der Waals surface area contributed by atoms with Crippen LogP contribution in [-0.4, -0.2) is 52.4 Å². The predicted molar refractivity (Wildman–Crippen MR) is 92.7 cm³/mol. The van der Waals surface area contributed by atoms with Crippen molar-refractivity contribution in [2.24, 2.45) is 5.92 Å². The quantitative estimate of drug-likeness (QED) is 0.802. The van der Waals surface area contributed by atoms with Crippen molar-refractivity contribution in [1.29, 1.82) is 0 Å². The van der Waals surface area contributed by atoms with E-state index in [2.05, 4.69) is 10.6 Å². The van der Waals surface area contributed by atoms with Crippen LogP contribution in [0.15, 0.2) is 23.1 Å². The zero-order valence-corrected chi connectivity index (χ0v) is 15.1. The van der Waals surface area contributed by atoms with E-state index in [0.717, 1.165) is 23.7 Å². The van der Waals surface area contributed by atoms with E-state index in [0.29, 0.717) is 24.6 Å². The average Bonchev–Trinajstić information content (AvgIpc) is 2.57. The Hall–Kier alpha value is -1.64. The third kappa shape index (κ3) is 4.25. The van der Waals surface area contributed by atoms with E-state index in [1.165, 1.54) is 26.2 Å². The summed E-state index contributed by atoms with van der Waals surface area (Å²) in [5.41, 5.74) is 0.385. The molecule has 1 aromatic rings. The van der Waals surface area contributed by atoms with Gasteiger partial charge in [0.25, 0.3) is 0 Å². The van der Waals surface area contributed by atoms with Gasteiger partial charge in [-0.15, -0.1) is 0 Å². The Labute approximate surface area is 143 Å². The maximum absolute atomic E-state index is 12.5. The molecule has 0 saturated carbocycles. The summed E-state index contributed by atoms with van der Waals surface area (Å²) in [4.78, 5) is 12.6. The summed E-state index contributed by atoms with van der Waals surface area (Å²) in [7, 11) is -0.638. The molecule has 1 fully saturated rings. The Bertz CT molecular complexity index is 683. The minimum absolute atomic E-state index is 0.119. The van der Waals surface area contributed by atoms with Crippen LogP contribution in [0.25, 0.3) is 0 Å². The molecule has 1 unspecified atom stereocenters. The highest BCUT2D eigenvalue weighted by Crippen LogP contribution is 2.29. The SMILES string of the molecule is CCOc1ccc(S(=O)(=O)N(C)C)cc1NC(=O)C1CCCNC1. The number of carbonyl (C=O) groups is 1. The Morgan fingerprint density at radius 2 is 2.17 bits per heavy atom. The Balaban J connectivity index is 2.29. The zero-order valence-electron chi connectivity index (χ0n) is 14.3. The molecule has 8 heteroatoms. The molecule has 0 bridgehead atoms. The van der Waals surface area contributed by atoms with Crippen LogP contribution in [0.3, 0.4) is 0 Å². The number of hydrogen-bond donors (Lipinski definition) is 2. The van der Waals surface area contributed by atoms with Crippen LogP contribution < -0.4 is 15.4 Å². The lowest BCUT2D eigenvalue weighted by atomic mass is 9.99. The molecule has 0 radical (unpaired) electrons. The van der Waals surface area contributed by atoms with E-state index < -0.39 is 10.0 Å². The van der Waals surface area contributed by atoms with Gasteiger partial charge in [0.05, 0.1) is 23.1 Å². The van der Waals surface area contributed by atoms with Gasteiger partial charge in [0.15, 0.2) is 0 Å². The molecule has 1 heterocycles. The van der Waals surface area contributed by atoms with E-state index in [1.54, 1.807) is 6.07 Å². The second-order valence-corrected chi connectivity index (χ2v) is 8.06. The van der Waals surface area contributed by atoms with E-state index in [4.69, 9.17) is 4.74 Å². The number of amides is 1. The van der Waals surface area contributed by atoms with E-state index in [9.17, 15) is 13.2 Å². The summed E-state index contributed by atoms with van der Waals surface area (Å²) >= 11 is 0. The summed E-state index contributed by atoms with van der Waals surface area (Å²) in [5.74, 6) is 0.220. The molecule has 2 rings (SSSR count). The standard InChI is InChI=1S/C16H25N3O4S/c1-4-23-15-8-7-13(24(21,22)19(2)3)10-14(15)18-16(20)12-6-5-9-17-11-12/h7-8,10,12,17H,4-6,9,11H2,1-3H3,(H,18,20). The number of ether oxygens (including phenoxy) is 1. The minimum atomic E-state index is -3.58. The van der Waals surface area contributed by atoms with Gasteiger partial charge in [0, 0.05) is 20.6 Å². The summed E-state index contributed by atoms with van der Waals surface area (Å²) in [6, 6.07) is 4.52. The van der Waals surface area contributed by atoms with Crippen molar-refractivity contribution < 1.29 is 17.9 Å². The fourth-order valence-electron chi connectivity index (χ4n) is 2.57. The lowest BCUT2D eigenvalue weighted by Gasteiger charge is -2.23. The van der Waals surface area contributed by atoms with Gasteiger partial charge in [-0.25, -0.2) is 12.7 Å². The van der Waals surface area contributed by atoms with Gasteiger partial charge < -0.3 is 15.4 Å². The minimum Gasteiger partial charge on any atom is -0.492 e. The molecule has 2 N–H and O–H groups in total. The van der Waals surface area contributed by atoms with Gasteiger partial charge in [-0.1, -0.05) is 0 Å². The normalized spacial score (nSPS) is 18.4. The molecule has 1 aliphatic rings. The summed E-state index contributed by atoms with van der Waals surface area (Å²) in [6.07, 6.45) is 1.77. The maximum Gasteiger partial charge on any atom is 0.242 e. The third-order valence-electron chi connectivity index (χ3n) is 3.95. The van der Waals surface area contributed by atoms with E-state index in [1.807, 2.05) is 6.92 Å². The molecule has 134 valence electrons. The lowest BCUT2D eigenvalue weighted by molar-refractivity contribution is -0.120. The molecule has 1 atom stereocenters. The first-order valence-electron chi connectivity index (χ1n) is 8.07. The Morgan fingerprint density at radius 3 is 2.75 bits per heavy atom. The molecule has 0 aliphatic carbocycles. The lowest BCUT2D eigenvalue weighted by Crippen LogP contribution is -2.37. The number of nitrogens with zero attached hydrogens (tertiary/aromatic N) is 1. The number of nitrogens with one attached hydrogen (secondary N) is 2. The first-order valence-corrected chi connectivity index (χ1v) is 9.51. The highest BCUT2D eigenvalue weighted by Gasteiger charge is 2.24. The number of rotatable bonds is 6. The summed E-state index contributed by atoms with van der Waals surface area (Å²) in [6.45, 7) is 3.81. The molecular formula is C16H25N3O4S. The van der Waals surface area contributed by atoms with Gasteiger partial charge >= 0.3 is 0 Å². The second-order valence-electron chi connectivity index (χ2n) is 5.91. The fourth-order valence-corrected chi connectivity index (χ4v) is 3.50. The number of sulfonamides is 1. The van der Waals surface area contributed by atoms with Crippen molar-refractivity contribution in [3.8, 4) is 5.75 Å². The number of piperidine rings is 1. The topological polar surface area (TPSA) is 87.7 Å². The molecule has 1 saturated heterocycles. The first kappa shape index (κ1) is 18.7. The van der Waals surface area contributed by atoms with Crippen LogP contribution in [0.4, 0.5) is 5.69 Å². The van der Waals surface area contributed by atoms with Crippen molar-refractivity contribution in [2.45, 2.75) is 24.7 Å². The number of hydrogen-bond acceptors (Lipinski definition) is 5. The molecule has 1 amide bonds. The molecule has 24 heavy (non-hydrogen) atoms. The zero-order chi connectivity index (χ0) is 17.7. The molecule has 1 aromatic carbocycles. The van der Waals surface area contributed by atoms with Gasteiger partial charge in [0.1, 0.15) is 5.75 Å². The molecule has 0 aromatic heterocycles. The number of carbonyl (C=O) groups excluding carboxylic acids is 1. The van der Waals surface area contributed by atoms with Crippen LogP contribution in [0.2, 0.25) is 0 Å². The van der Waals surface area contributed by atoms with Gasteiger partial charge in [0.2, 0.25) is 15.9 Å². The average molecular weight is 355 g/mol. The number of anilines is 1. The van der Waals surface area contributed by atoms with Crippen molar-refractivity contribution >= 4 is 21.6 Å². The van der Waals surface area contributed by atoms with Gasteiger partial charge in [-0.2, -0.15) is 0 Å². The second kappa shape index (κ2) is 7.96. The predicted octanol–water partition coefficient (Wildman–Crippen LogP) is 1.27. The molecule has 0 spiro atoms. The smallest absolute Gasteiger partial charge is 0.242 e. The van der Waals surface area contributed by atoms with Crippen LogP contribution in [0.1, 0.15) is 19.8 Å². The highest BCUT2D eigenvalue weighted by molar-refractivity contribution is 7.89. The van der Waals surface area contributed by atoms with Gasteiger partial charge in [-0.3, -0.25) is 4.79 Å². The third-order valence-corrected chi connectivity index (χ3v) is 5.77. The number of benzene rings is 1. The Kier molecular flexibility index (Phi) is 6.20. The van der Waals surface area contributed by atoms with Crippen molar-refractivity contribution in [3.63, 3.8) is 0 Å². The van der Waals surface area contributed by atoms with Crippen molar-refractivity contribution in [2.75, 3.05) is 39.1 Å². The van der Waals surface area contributed by atoms with E-state index >= 15 is 0 Å². The molecule has 7 nitrogen and oxygen atoms in total. The fraction of sp³-hybridized carbons (Fsp3) is 0.562. The Morgan fingerprint density at radius 1 is 1.42 bits per heavy atom. The van der Waals surface area contributed by atoms with Crippen LogP contribution in [0.5, 0.6) is 5.75 Å². The first-order chi connectivity index (χ1) is 11.4. The maximum atomic E-state index is 12.5. The van der Waals surface area contributed by atoms with Crippen LogP contribution in [-0.2, 0) is 14.8 Å². The largest absolute Gasteiger partial charge is 0.492 e. The summed E-state index contributed by atoms with van der Waals surface area (Å²) < 4.78 is 31.3. The monoisotopic (exact) mass is 355 g/mol. The highest BCUT2D eigenvalue weighted by atomic mass is 32.2. The van der Waals surface area contributed by atoms with Crippen LogP contribution in [0, 0.1) is 5.92 Å². The van der Waals surface area contributed by atoms with E-state index in [-0.39, 0.29) is 16.7 Å². The van der Waals surface area contributed by atoms with Crippen molar-refractivity contribution in [1.82, 2.24) is 9.62 Å².